The molecule has 1 N–H and O–H groups in total. The third-order valence-electron chi connectivity index (χ3n) is 3.54. The van der Waals surface area contributed by atoms with Crippen molar-refractivity contribution in [2.45, 2.75) is 25.1 Å². The zero-order valence-electron chi connectivity index (χ0n) is 11.2. The van der Waals surface area contributed by atoms with Gasteiger partial charge in [-0.25, -0.2) is 4.39 Å². The Kier molecular flexibility index (Phi) is 4.64. The summed E-state index contributed by atoms with van der Waals surface area (Å²) in [5, 5.41) is 11.7. The van der Waals surface area contributed by atoms with Crippen molar-refractivity contribution < 1.29 is 9.18 Å². The van der Waals surface area contributed by atoms with Crippen molar-refractivity contribution in [2.24, 2.45) is 0 Å². The van der Waals surface area contributed by atoms with E-state index < -0.39 is 5.67 Å². The van der Waals surface area contributed by atoms with E-state index in [2.05, 4.69) is 10.3 Å². The Morgan fingerprint density at radius 2 is 2.25 bits per heavy atom. The molecule has 2 heterocycles. The Morgan fingerprint density at radius 3 is 2.80 bits per heavy atom. The highest BCUT2D eigenvalue weighted by Crippen LogP contribution is 2.25. The van der Waals surface area contributed by atoms with E-state index in [1.807, 2.05) is 6.07 Å². The zero-order chi connectivity index (χ0) is 14.4. The van der Waals surface area contributed by atoms with E-state index in [9.17, 15) is 9.18 Å². The number of rotatable bonds is 5. The van der Waals surface area contributed by atoms with Gasteiger partial charge >= 0.3 is 0 Å². The molecule has 0 spiro atoms. The van der Waals surface area contributed by atoms with Crippen LogP contribution >= 0.6 is 0 Å². The zero-order valence-corrected chi connectivity index (χ0v) is 11.2. The SMILES string of the molecule is N#Cc1ccc(CNCC2(F)CCN(C=O)CC2)nc1. The Labute approximate surface area is 117 Å². The van der Waals surface area contributed by atoms with Gasteiger partial charge in [-0.3, -0.25) is 9.78 Å². The molecule has 2 rings (SSSR count). The average Bonchev–Trinajstić information content (AvgIpc) is 2.49. The van der Waals surface area contributed by atoms with Crippen LogP contribution in [0.15, 0.2) is 18.3 Å². The molecule has 1 saturated heterocycles. The number of halogens is 1. The van der Waals surface area contributed by atoms with E-state index in [-0.39, 0.29) is 6.54 Å². The second kappa shape index (κ2) is 6.44. The van der Waals surface area contributed by atoms with Crippen molar-refractivity contribution in [1.82, 2.24) is 15.2 Å². The van der Waals surface area contributed by atoms with Crippen LogP contribution in [0.1, 0.15) is 24.1 Å². The topological polar surface area (TPSA) is 69.0 Å². The van der Waals surface area contributed by atoms with Gasteiger partial charge < -0.3 is 10.2 Å². The van der Waals surface area contributed by atoms with E-state index >= 15 is 0 Å². The van der Waals surface area contributed by atoms with Crippen LogP contribution in [-0.2, 0) is 11.3 Å². The fourth-order valence-corrected chi connectivity index (χ4v) is 2.22. The molecule has 1 fully saturated rings. The van der Waals surface area contributed by atoms with Crippen molar-refractivity contribution in [3.8, 4) is 6.07 Å². The minimum absolute atomic E-state index is 0.251. The van der Waals surface area contributed by atoms with Gasteiger partial charge in [0.25, 0.3) is 0 Å². The molecule has 0 unspecified atom stereocenters. The number of aromatic nitrogens is 1. The lowest BCUT2D eigenvalue weighted by Crippen LogP contribution is -2.46. The summed E-state index contributed by atoms with van der Waals surface area (Å²) >= 11 is 0. The van der Waals surface area contributed by atoms with Crippen LogP contribution in [0.3, 0.4) is 0 Å². The van der Waals surface area contributed by atoms with Gasteiger partial charge in [-0.1, -0.05) is 0 Å². The molecule has 0 atom stereocenters. The predicted molar refractivity (Wildman–Crippen MR) is 71.4 cm³/mol. The standard InChI is InChI=1S/C14H17FN4O/c15-14(3-5-19(11-20)6-4-14)10-17-9-13-2-1-12(7-16)8-18-13/h1-2,8,11,17H,3-6,9-10H2. The third kappa shape index (κ3) is 3.75. The lowest BCUT2D eigenvalue weighted by atomic mass is 9.93. The van der Waals surface area contributed by atoms with E-state index in [1.165, 1.54) is 6.20 Å². The first-order valence-corrected chi connectivity index (χ1v) is 6.59. The van der Waals surface area contributed by atoms with Crippen LogP contribution in [0.4, 0.5) is 4.39 Å². The van der Waals surface area contributed by atoms with Gasteiger partial charge in [0.2, 0.25) is 6.41 Å². The number of pyridine rings is 1. The van der Waals surface area contributed by atoms with Crippen LogP contribution in [0.25, 0.3) is 0 Å². The summed E-state index contributed by atoms with van der Waals surface area (Å²) < 4.78 is 14.4. The monoisotopic (exact) mass is 276 g/mol. The van der Waals surface area contributed by atoms with E-state index in [0.29, 0.717) is 38.0 Å². The first-order chi connectivity index (χ1) is 9.65. The van der Waals surface area contributed by atoms with Crippen molar-refractivity contribution >= 4 is 6.41 Å². The minimum Gasteiger partial charge on any atom is -0.345 e. The van der Waals surface area contributed by atoms with Gasteiger partial charge in [0.05, 0.1) is 11.3 Å². The number of piperidine rings is 1. The molecule has 1 aromatic rings. The number of nitriles is 1. The largest absolute Gasteiger partial charge is 0.345 e. The predicted octanol–water partition coefficient (Wildman–Crippen LogP) is 1.00. The van der Waals surface area contributed by atoms with Gasteiger partial charge in [-0.05, 0) is 12.1 Å². The number of nitrogens with one attached hydrogen (secondary N) is 1. The van der Waals surface area contributed by atoms with E-state index in [1.54, 1.807) is 17.0 Å². The normalized spacial score (nSPS) is 17.5. The number of nitrogens with zero attached hydrogens (tertiary/aromatic N) is 3. The summed E-state index contributed by atoms with van der Waals surface area (Å²) in [7, 11) is 0. The number of hydrogen-bond donors (Lipinski definition) is 1. The molecule has 5 nitrogen and oxygen atoms in total. The Hall–Kier alpha value is -2.00. The molecule has 106 valence electrons. The van der Waals surface area contributed by atoms with Gasteiger partial charge in [0.15, 0.2) is 0 Å². The summed E-state index contributed by atoms with van der Waals surface area (Å²) in [5.41, 5.74) is 0.0291. The maximum atomic E-state index is 14.4. The van der Waals surface area contributed by atoms with Crippen LogP contribution in [-0.4, -0.2) is 41.6 Å². The van der Waals surface area contributed by atoms with E-state index in [4.69, 9.17) is 5.26 Å². The average molecular weight is 276 g/mol. The molecule has 1 amide bonds. The molecule has 20 heavy (non-hydrogen) atoms. The molecule has 1 aromatic heterocycles. The third-order valence-corrected chi connectivity index (χ3v) is 3.54. The van der Waals surface area contributed by atoms with Gasteiger partial charge in [0, 0.05) is 45.2 Å². The Balaban J connectivity index is 1.77. The number of amides is 1. The number of carbonyl (C=O) groups is 1. The first kappa shape index (κ1) is 14.4. The lowest BCUT2D eigenvalue weighted by molar-refractivity contribution is -0.120. The maximum Gasteiger partial charge on any atom is 0.209 e. The fraction of sp³-hybridized carbons (Fsp3) is 0.500. The van der Waals surface area contributed by atoms with Gasteiger partial charge in [-0.2, -0.15) is 5.26 Å². The summed E-state index contributed by atoms with van der Waals surface area (Å²) in [4.78, 5) is 16.3. The first-order valence-electron chi connectivity index (χ1n) is 6.59. The highest BCUT2D eigenvalue weighted by Gasteiger charge is 2.33. The molecular formula is C14H17FN4O. The van der Waals surface area contributed by atoms with Crippen molar-refractivity contribution in [2.75, 3.05) is 19.6 Å². The molecule has 0 aliphatic carbocycles. The Bertz CT molecular complexity index is 489. The molecule has 0 bridgehead atoms. The second-order valence-electron chi connectivity index (χ2n) is 5.05. The molecule has 6 heteroatoms. The highest BCUT2D eigenvalue weighted by molar-refractivity contribution is 5.47. The van der Waals surface area contributed by atoms with Crippen LogP contribution < -0.4 is 5.32 Å². The molecule has 1 aliphatic rings. The molecule has 0 radical (unpaired) electrons. The summed E-state index contributed by atoms with van der Waals surface area (Å²) in [5.74, 6) is 0. The number of alkyl halides is 1. The molecular weight excluding hydrogens is 259 g/mol. The number of likely N-dealkylation sites (tertiary alicyclic amines) is 1. The maximum absolute atomic E-state index is 14.4. The fourth-order valence-electron chi connectivity index (χ4n) is 2.22. The molecule has 1 aliphatic heterocycles. The summed E-state index contributed by atoms with van der Waals surface area (Å²) in [6.45, 7) is 1.66. The summed E-state index contributed by atoms with van der Waals surface area (Å²) in [6.07, 6.45) is 3.00. The number of hydrogen-bond acceptors (Lipinski definition) is 4. The van der Waals surface area contributed by atoms with Crippen molar-refractivity contribution in [3.63, 3.8) is 0 Å². The van der Waals surface area contributed by atoms with Crippen LogP contribution in [0, 0.1) is 11.3 Å². The number of carbonyl (C=O) groups excluding carboxylic acids is 1. The van der Waals surface area contributed by atoms with Crippen LogP contribution in [0.2, 0.25) is 0 Å². The van der Waals surface area contributed by atoms with Gasteiger partial charge in [0.1, 0.15) is 11.7 Å². The van der Waals surface area contributed by atoms with Crippen molar-refractivity contribution in [1.29, 1.82) is 5.26 Å². The quantitative estimate of drug-likeness (QED) is 0.815. The summed E-state index contributed by atoms with van der Waals surface area (Å²) in [6, 6.07) is 5.45. The minimum atomic E-state index is -1.26. The van der Waals surface area contributed by atoms with E-state index in [0.717, 1.165) is 12.1 Å². The van der Waals surface area contributed by atoms with Crippen molar-refractivity contribution in [3.05, 3.63) is 29.6 Å². The second-order valence-corrected chi connectivity index (χ2v) is 5.05. The molecule has 0 saturated carbocycles. The van der Waals surface area contributed by atoms with Gasteiger partial charge in [-0.15, -0.1) is 0 Å². The lowest BCUT2D eigenvalue weighted by Gasteiger charge is -2.34. The Morgan fingerprint density at radius 1 is 1.50 bits per heavy atom. The highest BCUT2D eigenvalue weighted by atomic mass is 19.1. The smallest absolute Gasteiger partial charge is 0.209 e. The van der Waals surface area contributed by atoms with Crippen LogP contribution in [0.5, 0.6) is 0 Å². The molecule has 0 aromatic carbocycles.